The summed E-state index contributed by atoms with van der Waals surface area (Å²) in [5, 5.41) is 2.40. The summed E-state index contributed by atoms with van der Waals surface area (Å²) in [5.41, 5.74) is 5.63. The first-order valence-corrected chi connectivity index (χ1v) is 5.69. The summed E-state index contributed by atoms with van der Waals surface area (Å²) in [6, 6.07) is 11.3. The fourth-order valence-corrected chi connectivity index (χ4v) is 1.54. The zero-order valence-electron chi connectivity index (χ0n) is 10.3. The van der Waals surface area contributed by atoms with Crippen molar-refractivity contribution < 1.29 is 18.7 Å². The van der Waals surface area contributed by atoms with Gasteiger partial charge in [-0.3, -0.25) is 10.1 Å². The van der Waals surface area contributed by atoms with Gasteiger partial charge in [-0.1, -0.05) is 12.1 Å². The fourth-order valence-electron chi connectivity index (χ4n) is 1.54. The van der Waals surface area contributed by atoms with Gasteiger partial charge in [0.15, 0.2) is 0 Å². The van der Waals surface area contributed by atoms with Gasteiger partial charge in [0.1, 0.15) is 11.6 Å². The number of benzene rings is 2. The molecule has 2 rings (SSSR count). The number of hydrogen-bond acceptors (Lipinski definition) is 3. The van der Waals surface area contributed by atoms with Gasteiger partial charge in [0, 0.05) is 5.69 Å². The highest BCUT2D eigenvalue weighted by molar-refractivity contribution is 5.97. The van der Waals surface area contributed by atoms with Gasteiger partial charge >= 0.3 is 6.09 Å². The van der Waals surface area contributed by atoms with E-state index in [0.717, 1.165) is 0 Å². The van der Waals surface area contributed by atoms with E-state index in [1.807, 2.05) is 0 Å². The maximum absolute atomic E-state index is 12.7. The van der Waals surface area contributed by atoms with E-state index in [9.17, 15) is 14.0 Å². The molecule has 20 heavy (non-hydrogen) atoms. The molecule has 0 saturated carbocycles. The molecule has 0 unspecified atom stereocenters. The van der Waals surface area contributed by atoms with Crippen LogP contribution in [-0.2, 0) is 0 Å². The molecule has 6 heteroatoms. The van der Waals surface area contributed by atoms with Crippen LogP contribution in [0.15, 0.2) is 48.5 Å². The molecule has 0 heterocycles. The Morgan fingerprint density at radius 2 is 1.70 bits per heavy atom. The maximum atomic E-state index is 12.7. The second-order valence-electron chi connectivity index (χ2n) is 3.88. The van der Waals surface area contributed by atoms with E-state index in [4.69, 9.17) is 10.5 Å². The highest BCUT2D eigenvalue weighted by Crippen LogP contribution is 2.18. The normalized spacial score (nSPS) is 9.85. The zero-order chi connectivity index (χ0) is 14.5. The molecule has 0 aliphatic heterocycles. The Morgan fingerprint density at radius 1 is 1.05 bits per heavy atom. The number of carbonyl (C=O) groups excluding carboxylic acids is 2. The van der Waals surface area contributed by atoms with Gasteiger partial charge < -0.3 is 10.5 Å². The van der Waals surface area contributed by atoms with Gasteiger partial charge in [-0.05, 0) is 36.4 Å². The number of anilines is 1. The smallest absolute Gasteiger partial charge is 0.409 e. The molecule has 5 nitrogen and oxygen atoms in total. The molecule has 0 spiro atoms. The van der Waals surface area contributed by atoms with Crippen molar-refractivity contribution in [2.75, 3.05) is 5.32 Å². The Hall–Kier alpha value is -2.89. The summed E-state index contributed by atoms with van der Waals surface area (Å²) in [4.78, 5) is 22.8. The van der Waals surface area contributed by atoms with E-state index >= 15 is 0 Å². The number of carbonyl (C=O) groups is 2. The van der Waals surface area contributed by atoms with Crippen molar-refractivity contribution in [1.82, 2.24) is 0 Å². The van der Waals surface area contributed by atoms with Crippen LogP contribution in [0.1, 0.15) is 10.4 Å². The van der Waals surface area contributed by atoms with Crippen LogP contribution in [0.4, 0.5) is 14.9 Å². The Bertz CT molecular complexity index is 641. The van der Waals surface area contributed by atoms with Gasteiger partial charge in [0.05, 0.1) is 5.56 Å². The lowest BCUT2D eigenvalue weighted by Crippen LogP contribution is -2.19. The predicted molar refractivity (Wildman–Crippen MR) is 71.0 cm³/mol. The molecular formula is C14H11FN2O3. The van der Waals surface area contributed by atoms with Crippen LogP contribution in [0.2, 0.25) is 0 Å². The first-order valence-electron chi connectivity index (χ1n) is 5.69. The average molecular weight is 274 g/mol. The number of amides is 2. The van der Waals surface area contributed by atoms with Crippen LogP contribution in [-0.4, -0.2) is 12.0 Å². The van der Waals surface area contributed by atoms with Crippen molar-refractivity contribution in [2.45, 2.75) is 0 Å². The SMILES string of the molecule is NC(=O)c1ccccc1OC(=O)Nc1ccc(F)cc1. The first kappa shape index (κ1) is 13.5. The first-order chi connectivity index (χ1) is 9.56. The molecule has 0 atom stereocenters. The van der Waals surface area contributed by atoms with Crippen molar-refractivity contribution in [3.8, 4) is 5.75 Å². The number of primary amides is 1. The largest absolute Gasteiger partial charge is 0.417 e. The molecule has 0 radical (unpaired) electrons. The number of ether oxygens (including phenoxy) is 1. The number of para-hydroxylation sites is 1. The van der Waals surface area contributed by atoms with E-state index in [1.54, 1.807) is 12.1 Å². The second-order valence-corrected chi connectivity index (χ2v) is 3.88. The van der Waals surface area contributed by atoms with E-state index in [-0.39, 0.29) is 11.3 Å². The molecule has 0 fully saturated rings. The molecule has 0 aliphatic rings. The van der Waals surface area contributed by atoms with Gasteiger partial charge in [-0.15, -0.1) is 0 Å². The molecule has 0 aliphatic carbocycles. The Labute approximate surface area is 114 Å². The molecule has 0 saturated heterocycles. The highest BCUT2D eigenvalue weighted by Gasteiger charge is 2.12. The van der Waals surface area contributed by atoms with Gasteiger partial charge in [0.25, 0.3) is 5.91 Å². The van der Waals surface area contributed by atoms with Crippen LogP contribution in [0, 0.1) is 5.82 Å². The molecule has 0 bridgehead atoms. The van der Waals surface area contributed by atoms with E-state index < -0.39 is 17.8 Å². The maximum Gasteiger partial charge on any atom is 0.417 e. The Morgan fingerprint density at radius 3 is 2.35 bits per heavy atom. The lowest BCUT2D eigenvalue weighted by Gasteiger charge is -2.08. The van der Waals surface area contributed by atoms with E-state index in [1.165, 1.54) is 36.4 Å². The minimum Gasteiger partial charge on any atom is -0.409 e. The third kappa shape index (κ3) is 3.32. The Kier molecular flexibility index (Phi) is 3.95. The minimum absolute atomic E-state index is 0.0552. The Balaban J connectivity index is 2.08. The fraction of sp³-hybridized carbons (Fsp3) is 0. The van der Waals surface area contributed by atoms with Crippen molar-refractivity contribution >= 4 is 17.7 Å². The van der Waals surface area contributed by atoms with Crippen LogP contribution in [0.3, 0.4) is 0 Å². The monoisotopic (exact) mass is 274 g/mol. The third-order valence-electron chi connectivity index (χ3n) is 2.45. The predicted octanol–water partition coefficient (Wildman–Crippen LogP) is 2.54. The van der Waals surface area contributed by atoms with Gasteiger partial charge in [-0.2, -0.15) is 0 Å². The topological polar surface area (TPSA) is 81.4 Å². The molecule has 102 valence electrons. The van der Waals surface area contributed by atoms with Crippen molar-refractivity contribution in [1.29, 1.82) is 0 Å². The number of hydrogen-bond donors (Lipinski definition) is 2. The van der Waals surface area contributed by atoms with Crippen LogP contribution < -0.4 is 15.8 Å². The molecule has 3 N–H and O–H groups in total. The number of rotatable bonds is 3. The molecule has 2 aromatic carbocycles. The minimum atomic E-state index is -0.801. The van der Waals surface area contributed by atoms with Crippen LogP contribution >= 0.6 is 0 Å². The average Bonchev–Trinajstić information content (AvgIpc) is 2.41. The van der Waals surface area contributed by atoms with Crippen LogP contribution in [0.5, 0.6) is 5.75 Å². The summed E-state index contributed by atoms with van der Waals surface area (Å²) < 4.78 is 17.7. The van der Waals surface area contributed by atoms with Gasteiger partial charge in [-0.25, -0.2) is 9.18 Å². The zero-order valence-corrected chi connectivity index (χ0v) is 10.3. The molecule has 2 amide bonds. The van der Waals surface area contributed by atoms with Crippen molar-refractivity contribution in [3.63, 3.8) is 0 Å². The summed E-state index contributed by atoms with van der Waals surface area (Å²) in [5.74, 6) is -1.06. The summed E-state index contributed by atoms with van der Waals surface area (Å²) in [7, 11) is 0. The van der Waals surface area contributed by atoms with Crippen LogP contribution in [0.25, 0.3) is 0 Å². The number of nitrogens with two attached hydrogens (primary N) is 1. The quantitative estimate of drug-likeness (QED) is 0.902. The van der Waals surface area contributed by atoms with E-state index in [0.29, 0.717) is 5.69 Å². The summed E-state index contributed by atoms with van der Waals surface area (Å²) in [6.07, 6.45) is -0.801. The van der Waals surface area contributed by atoms with Crippen molar-refractivity contribution in [2.24, 2.45) is 5.73 Å². The summed E-state index contributed by atoms with van der Waals surface area (Å²) in [6.45, 7) is 0. The number of nitrogens with one attached hydrogen (secondary N) is 1. The van der Waals surface area contributed by atoms with Gasteiger partial charge in [0.2, 0.25) is 0 Å². The lowest BCUT2D eigenvalue weighted by atomic mass is 10.2. The second kappa shape index (κ2) is 5.83. The molecule has 2 aromatic rings. The summed E-state index contributed by atoms with van der Waals surface area (Å²) >= 11 is 0. The highest BCUT2D eigenvalue weighted by atomic mass is 19.1. The molecule has 0 aromatic heterocycles. The molecular weight excluding hydrogens is 263 g/mol. The third-order valence-corrected chi connectivity index (χ3v) is 2.45. The lowest BCUT2D eigenvalue weighted by molar-refractivity contribution is 0.0998. The van der Waals surface area contributed by atoms with Crippen molar-refractivity contribution in [3.05, 3.63) is 59.9 Å². The van der Waals surface area contributed by atoms with E-state index in [2.05, 4.69) is 5.32 Å². The number of halogens is 1. The standard InChI is InChI=1S/C14H11FN2O3/c15-9-5-7-10(8-6-9)17-14(19)20-12-4-2-1-3-11(12)13(16)18/h1-8H,(H2,16,18)(H,17,19).